The van der Waals surface area contributed by atoms with Crippen LogP contribution < -0.4 is 5.32 Å². The second kappa shape index (κ2) is 7.16. The Hall–Kier alpha value is -1.96. The van der Waals surface area contributed by atoms with Crippen molar-refractivity contribution in [1.29, 1.82) is 0 Å². The molecule has 1 amide bonds. The summed E-state index contributed by atoms with van der Waals surface area (Å²) >= 11 is 0. The summed E-state index contributed by atoms with van der Waals surface area (Å²) in [5.74, 6) is -3.04. The largest absolute Gasteiger partial charge is 0.469 e. The third kappa shape index (κ3) is 5.14. The molecule has 1 unspecified atom stereocenters. The zero-order valence-corrected chi connectivity index (χ0v) is 12.4. The van der Waals surface area contributed by atoms with E-state index >= 15 is 0 Å². The summed E-state index contributed by atoms with van der Waals surface area (Å²) in [6.07, 6.45) is -0.341. The Morgan fingerprint density at radius 1 is 1.33 bits per heavy atom. The fourth-order valence-electron chi connectivity index (χ4n) is 1.52. The molecule has 0 aliphatic rings. The van der Waals surface area contributed by atoms with Gasteiger partial charge in [0.25, 0.3) is 0 Å². The Morgan fingerprint density at radius 2 is 1.95 bits per heavy atom. The summed E-state index contributed by atoms with van der Waals surface area (Å²) in [5, 5.41) is 1.12. The van der Waals surface area contributed by atoms with Crippen LogP contribution in [0.15, 0.2) is 24.3 Å². The maximum atomic E-state index is 13.3. The van der Waals surface area contributed by atoms with Crippen LogP contribution in [0, 0.1) is 5.82 Å². The van der Waals surface area contributed by atoms with E-state index in [9.17, 15) is 22.4 Å². The Morgan fingerprint density at radius 3 is 2.52 bits per heavy atom. The Balaban J connectivity index is 2.69. The predicted octanol–water partition coefficient (Wildman–Crippen LogP) is 1.13. The van der Waals surface area contributed by atoms with E-state index in [0.29, 0.717) is 0 Å². The van der Waals surface area contributed by atoms with Gasteiger partial charge in [-0.2, -0.15) is 0 Å². The standard InChI is InChI=1S/C13H16FNO5S/c1-9(7-13(17)20-2)21(18,19)8-12(16)15-11-6-4-3-5-10(11)14/h3-6,9H,7-8H2,1-2H3,(H,15,16). The summed E-state index contributed by atoms with van der Waals surface area (Å²) in [6.45, 7) is 1.31. The maximum Gasteiger partial charge on any atom is 0.306 e. The van der Waals surface area contributed by atoms with Crippen LogP contribution in [0.25, 0.3) is 0 Å². The minimum atomic E-state index is -3.83. The number of carbonyl (C=O) groups excluding carboxylic acids is 2. The van der Waals surface area contributed by atoms with E-state index in [1.807, 2.05) is 0 Å². The number of esters is 1. The quantitative estimate of drug-likeness (QED) is 0.794. The van der Waals surface area contributed by atoms with E-state index in [1.54, 1.807) is 0 Å². The van der Waals surface area contributed by atoms with Gasteiger partial charge in [-0.25, -0.2) is 12.8 Å². The van der Waals surface area contributed by atoms with Crippen molar-refractivity contribution in [1.82, 2.24) is 0 Å². The van der Waals surface area contributed by atoms with Gasteiger partial charge >= 0.3 is 5.97 Å². The van der Waals surface area contributed by atoms with E-state index in [2.05, 4.69) is 10.1 Å². The van der Waals surface area contributed by atoms with Crippen molar-refractivity contribution >= 4 is 27.4 Å². The molecule has 0 aliphatic carbocycles. The molecule has 1 N–H and O–H groups in total. The zero-order valence-electron chi connectivity index (χ0n) is 11.6. The number of methoxy groups -OCH3 is 1. The van der Waals surface area contributed by atoms with Crippen molar-refractivity contribution < 1.29 is 27.1 Å². The Bertz CT molecular complexity index is 629. The van der Waals surface area contributed by atoms with Gasteiger partial charge in [-0.05, 0) is 19.1 Å². The predicted molar refractivity (Wildman–Crippen MR) is 74.9 cm³/mol. The average Bonchev–Trinajstić information content (AvgIpc) is 2.40. The third-order valence-corrected chi connectivity index (χ3v) is 4.83. The van der Waals surface area contributed by atoms with Gasteiger partial charge in [-0.15, -0.1) is 0 Å². The number of hydrogen-bond acceptors (Lipinski definition) is 5. The molecule has 116 valence electrons. The van der Waals surface area contributed by atoms with E-state index in [4.69, 9.17) is 0 Å². The van der Waals surface area contributed by atoms with Gasteiger partial charge in [0, 0.05) is 0 Å². The first-order valence-corrected chi connectivity index (χ1v) is 7.80. The molecule has 0 saturated carbocycles. The van der Waals surface area contributed by atoms with Crippen LogP contribution in [0.5, 0.6) is 0 Å². The molecule has 1 aromatic rings. The van der Waals surface area contributed by atoms with Crippen LogP contribution in [0.3, 0.4) is 0 Å². The van der Waals surface area contributed by atoms with Crippen LogP contribution in [0.4, 0.5) is 10.1 Å². The molecule has 6 nitrogen and oxygen atoms in total. The van der Waals surface area contributed by atoms with Crippen LogP contribution in [-0.2, 0) is 24.2 Å². The summed E-state index contributed by atoms with van der Waals surface area (Å²) in [4.78, 5) is 22.7. The second-order valence-electron chi connectivity index (χ2n) is 4.43. The zero-order chi connectivity index (χ0) is 16.0. The van der Waals surface area contributed by atoms with Gasteiger partial charge in [-0.3, -0.25) is 9.59 Å². The minimum absolute atomic E-state index is 0.0988. The lowest BCUT2D eigenvalue weighted by Crippen LogP contribution is -2.31. The molecule has 1 rings (SSSR count). The topological polar surface area (TPSA) is 89.5 Å². The molecule has 21 heavy (non-hydrogen) atoms. The molecule has 0 aliphatic heterocycles. The van der Waals surface area contributed by atoms with Crippen molar-refractivity contribution in [3.63, 3.8) is 0 Å². The molecule has 0 saturated heterocycles. The van der Waals surface area contributed by atoms with Crippen LogP contribution in [0.1, 0.15) is 13.3 Å². The van der Waals surface area contributed by atoms with Gasteiger partial charge in [0.1, 0.15) is 11.6 Å². The van der Waals surface area contributed by atoms with Crippen LogP contribution >= 0.6 is 0 Å². The number of ether oxygens (including phenoxy) is 1. The van der Waals surface area contributed by atoms with Crippen molar-refractivity contribution in [2.24, 2.45) is 0 Å². The van der Waals surface area contributed by atoms with Gasteiger partial charge in [-0.1, -0.05) is 12.1 Å². The highest BCUT2D eigenvalue weighted by atomic mass is 32.2. The minimum Gasteiger partial charge on any atom is -0.469 e. The SMILES string of the molecule is COC(=O)CC(C)S(=O)(=O)CC(=O)Nc1ccccc1F. The number of nitrogens with one attached hydrogen (secondary N) is 1. The fraction of sp³-hybridized carbons (Fsp3) is 0.385. The number of rotatable bonds is 6. The highest BCUT2D eigenvalue weighted by molar-refractivity contribution is 7.92. The molecule has 0 aromatic heterocycles. The molecule has 8 heteroatoms. The van der Waals surface area contributed by atoms with Gasteiger partial charge in [0.15, 0.2) is 9.84 Å². The number of anilines is 1. The normalized spacial score (nSPS) is 12.5. The molecule has 0 heterocycles. The van der Waals surface area contributed by atoms with Crippen LogP contribution in [0.2, 0.25) is 0 Å². The lowest BCUT2D eigenvalue weighted by atomic mass is 10.3. The number of para-hydroxylation sites is 1. The first-order valence-electron chi connectivity index (χ1n) is 6.09. The second-order valence-corrected chi connectivity index (χ2v) is 6.85. The van der Waals surface area contributed by atoms with E-state index in [1.165, 1.54) is 25.1 Å². The number of benzene rings is 1. The lowest BCUT2D eigenvalue weighted by Gasteiger charge is -2.12. The fourth-order valence-corrected chi connectivity index (χ4v) is 2.63. The van der Waals surface area contributed by atoms with Gasteiger partial charge < -0.3 is 10.1 Å². The van der Waals surface area contributed by atoms with Gasteiger partial charge in [0.2, 0.25) is 5.91 Å². The lowest BCUT2D eigenvalue weighted by molar-refractivity contribution is -0.140. The molecular formula is C13H16FNO5S. The third-order valence-electron chi connectivity index (χ3n) is 2.78. The molecule has 1 atom stereocenters. The molecule has 0 radical (unpaired) electrons. The molecule has 0 spiro atoms. The van der Waals surface area contributed by atoms with Crippen LogP contribution in [-0.4, -0.2) is 38.4 Å². The molecule has 0 fully saturated rings. The summed E-state index contributed by atoms with van der Waals surface area (Å²) < 4.78 is 41.5. The van der Waals surface area contributed by atoms with Gasteiger partial charge in [0.05, 0.1) is 24.5 Å². The number of sulfone groups is 1. The van der Waals surface area contributed by atoms with Crippen molar-refractivity contribution in [3.8, 4) is 0 Å². The first-order chi connectivity index (χ1) is 9.76. The molecule has 1 aromatic carbocycles. The Labute approximate surface area is 122 Å². The highest BCUT2D eigenvalue weighted by Crippen LogP contribution is 2.13. The Kier molecular flexibility index (Phi) is 5.83. The van der Waals surface area contributed by atoms with Crippen molar-refractivity contribution in [2.45, 2.75) is 18.6 Å². The summed E-state index contributed by atoms with van der Waals surface area (Å²) in [6, 6.07) is 5.41. The number of carbonyl (C=O) groups is 2. The molecular weight excluding hydrogens is 301 g/mol. The van der Waals surface area contributed by atoms with E-state index < -0.39 is 38.5 Å². The highest BCUT2D eigenvalue weighted by Gasteiger charge is 2.27. The number of halogens is 1. The average molecular weight is 317 g/mol. The summed E-state index contributed by atoms with van der Waals surface area (Å²) in [5.41, 5.74) is -0.0988. The van der Waals surface area contributed by atoms with E-state index in [0.717, 1.165) is 13.2 Å². The number of hydrogen-bond donors (Lipinski definition) is 1. The maximum absolute atomic E-state index is 13.3. The smallest absolute Gasteiger partial charge is 0.306 e. The first kappa shape index (κ1) is 17.1. The monoisotopic (exact) mass is 317 g/mol. The molecule has 0 bridgehead atoms. The summed E-state index contributed by atoms with van der Waals surface area (Å²) in [7, 11) is -2.69. The van der Waals surface area contributed by atoms with Crippen molar-refractivity contribution in [3.05, 3.63) is 30.1 Å². The van der Waals surface area contributed by atoms with Crippen molar-refractivity contribution in [2.75, 3.05) is 18.2 Å². The number of amides is 1. The van der Waals surface area contributed by atoms with E-state index in [-0.39, 0.29) is 12.1 Å².